The van der Waals surface area contributed by atoms with Crippen molar-refractivity contribution in [2.45, 2.75) is 58.8 Å². The number of aliphatic carboxylic acids is 2. The Morgan fingerprint density at radius 2 is 1.20 bits per heavy atom. The highest BCUT2D eigenvalue weighted by atomic mass is 16.5. The number of carbonyl (C=O) groups is 2. The van der Waals surface area contributed by atoms with Gasteiger partial charge in [-0.2, -0.15) is 0 Å². The summed E-state index contributed by atoms with van der Waals surface area (Å²) >= 11 is 0. The molecule has 8 heteroatoms. The molecule has 0 aromatic carbocycles. The molecular formula is C17H36O8. The Morgan fingerprint density at radius 1 is 0.800 bits per heavy atom. The zero-order valence-corrected chi connectivity index (χ0v) is 15.7. The van der Waals surface area contributed by atoms with E-state index in [1.807, 2.05) is 6.92 Å². The fraction of sp³-hybridized carbons (Fsp3) is 0.882. The van der Waals surface area contributed by atoms with E-state index in [1.165, 1.54) is 7.11 Å². The van der Waals surface area contributed by atoms with Gasteiger partial charge in [0.1, 0.15) is 0 Å². The van der Waals surface area contributed by atoms with E-state index < -0.39 is 17.4 Å². The van der Waals surface area contributed by atoms with Gasteiger partial charge in [0.05, 0.1) is 31.8 Å². The van der Waals surface area contributed by atoms with Gasteiger partial charge < -0.3 is 30.3 Å². The first kappa shape index (κ1) is 28.6. The van der Waals surface area contributed by atoms with Crippen molar-refractivity contribution >= 4 is 11.9 Å². The second-order valence-electron chi connectivity index (χ2n) is 5.76. The highest BCUT2D eigenvalue weighted by Gasteiger charge is 2.27. The lowest BCUT2D eigenvalue weighted by Crippen LogP contribution is -2.38. The number of hydrogen-bond donors (Lipinski definition) is 5. The third-order valence-electron chi connectivity index (χ3n) is 3.20. The molecule has 0 rings (SSSR count). The number of unbranched alkanes of at least 4 members (excludes halogenated alkanes) is 3. The van der Waals surface area contributed by atoms with Crippen molar-refractivity contribution in [2.24, 2.45) is 5.41 Å². The second-order valence-corrected chi connectivity index (χ2v) is 5.76. The highest BCUT2D eigenvalue weighted by molar-refractivity contribution is 5.66. The SMILES string of the molecule is CCCCC(=O)O.CCCCCC(=O)O.COCC(CO)(CO)CO. The third kappa shape index (κ3) is 22.8. The maximum atomic E-state index is 9.87. The molecule has 0 saturated heterocycles. The molecule has 0 aliphatic heterocycles. The largest absolute Gasteiger partial charge is 0.481 e. The Hall–Kier alpha value is -1.22. The molecule has 0 fully saturated rings. The Morgan fingerprint density at radius 3 is 1.40 bits per heavy atom. The van der Waals surface area contributed by atoms with Gasteiger partial charge in [-0.05, 0) is 12.8 Å². The van der Waals surface area contributed by atoms with Crippen molar-refractivity contribution in [3.05, 3.63) is 0 Å². The van der Waals surface area contributed by atoms with Gasteiger partial charge in [0.15, 0.2) is 0 Å². The highest BCUT2D eigenvalue weighted by Crippen LogP contribution is 2.13. The van der Waals surface area contributed by atoms with Gasteiger partial charge in [-0.3, -0.25) is 9.59 Å². The molecule has 0 aliphatic rings. The van der Waals surface area contributed by atoms with Gasteiger partial charge >= 0.3 is 11.9 Å². The normalized spacial score (nSPS) is 10.2. The first-order chi connectivity index (χ1) is 11.8. The Balaban J connectivity index is -0.000000296. The molecule has 5 N–H and O–H groups in total. The number of ether oxygens (including phenoxy) is 1. The van der Waals surface area contributed by atoms with Crippen LogP contribution >= 0.6 is 0 Å². The number of carboxylic acid groups (broad SMARTS) is 2. The maximum absolute atomic E-state index is 9.87. The molecule has 152 valence electrons. The molecule has 25 heavy (non-hydrogen) atoms. The van der Waals surface area contributed by atoms with Gasteiger partial charge in [-0.1, -0.05) is 33.1 Å². The fourth-order valence-corrected chi connectivity index (χ4v) is 1.45. The zero-order chi connectivity index (χ0) is 20.1. The van der Waals surface area contributed by atoms with Crippen LogP contribution in [0.5, 0.6) is 0 Å². The molecule has 0 unspecified atom stereocenters. The van der Waals surface area contributed by atoms with Gasteiger partial charge in [-0.15, -0.1) is 0 Å². The number of aliphatic hydroxyl groups is 3. The molecule has 0 atom stereocenters. The summed E-state index contributed by atoms with van der Waals surface area (Å²) in [6, 6.07) is 0. The molecule has 0 aliphatic carbocycles. The summed E-state index contributed by atoms with van der Waals surface area (Å²) in [5, 5.41) is 42.3. The summed E-state index contributed by atoms with van der Waals surface area (Å²) in [6.45, 7) is 3.39. The third-order valence-corrected chi connectivity index (χ3v) is 3.20. The molecule has 0 aromatic rings. The molecule has 8 nitrogen and oxygen atoms in total. The minimum Gasteiger partial charge on any atom is -0.481 e. The van der Waals surface area contributed by atoms with Crippen LogP contribution in [0.15, 0.2) is 0 Å². The summed E-state index contributed by atoms with van der Waals surface area (Å²) < 4.78 is 4.70. The van der Waals surface area contributed by atoms with Crippen molar-refractivity contribution < 1.29 is 39.9 Å². The lowest BCUT2D eigenvalue weighted by atomic mass is 9.93. The lowest BCUT2D eigenvalue weighted by Gasteiger charge is -2.25. The van der Waals surface area contributed by atoms with Crippen molar-refractivity contribution in [1.29, 1.82) is 0 Å². The summed E-state index contributed by atoms with van der Waals surface area (Å²) in [4.78, 5) is 19.6. The molecule has 0 spiro atoms. The van der Waals surface area contributed by atoms with Crippen LogP contribution in [0.3, 0.4) is 0 Å². The summed E-state index contributed by atoms with van der Waals surface area (Å²) in [6.07, 6.45) is 5.36. The Labute approximate surface area is 150 Å². The number of carboxylic acids is 2. The average Bonchev–Trinajstić information content (AvgIpc) is 2.59. The number of rotatable bonds is 12. The Bertz CT molecular complexity index is 295. The van der Waals surface area contributed by atoms with E-state index in [4.69, 9.17) is 30.3 Å². The van der Waals surface area contributed by atoms with Crippen LogP contribution < -0.4 is 0 Å². The molecule has 0 radical (unpaired) electrons. The van der Waals surface area contributed by atoms with E-state index in [1.54, 1.807) is 0 Å². The van der Waals surface area contributed by atoms with Crippen molar-refractivity contribution in [1.82, 2.24) is 0 Å². The summed E-state index contributed by atoms with van der Waals surface area (Å²) in [5.74, 6) is -1.37. The summed E-state index contributed by atoms with van der Waals surface area (Å²) in [5.41, 5.74) is -0.880. The first-order valence-corrected chi connectivity index (χ1v) is 8.54. The van der Waals surface area contributed by atoms with Crippen LogP contribution in [0.1, 0.15) is 58.8 Å². The predicted octanol–water partition coefficient (Wildman–Crippen LogP) is 1.51. The second kappa shape index (κ2) is 20.8. The van der Waals surface area contributed by atoms with Gasteiger partial charge in [-0.25, -0.2) is 0 Å². The van der Waals surface area contributed by atoms with E-state index in [-0.39, 0.29) is 26.4 Å². The van der Waals surface area contributed by atoms with Crippen molar-refractivity contribution in [2.75, 3.05) is 33.5 Å². The van der Waals surface area contributed by atoms with Crippen LogP contribution in [0.2, 0.25) is 0 Å². The van der Waals surface area contributed by atoms with Crippen molar-refractivity contribution in [3.63, 3.8) is 0 Å². The smallest absolute Gasteiger partial charge is 0.303 e. The van der Waals surface area contributed by atoms with Gasteiger partial charge in [0.25, 0.3) is 0 Å². The van der Waals surface area contributed by atoms with Gasteiger partial charge in [0, 0.05) is 20.0 Å². The monoisotopic (exact) mass is 368 g/mol. The van der Waals surface area contributed by atoms with Crippen LogP contribution in [0, 0.1) is 5.41 Å². The fourth-order valence-electron chi connectivity index (χ4n) is 1.45. The van der Waals surface area contributed by atoms with Crippen LogP contribution in [0.4, 0.5) is 0 Å². The van der Waals surface area contributed by atoms with Crippen LogP contribution in [-0.4, -0.2) is 71.0 Å². The van der Waals surface area contributed by atoms with E-state index in [0.717, 1.165) is 32.1 Å². The average molecular weight is 368 g/mol. The Kier molecular flexibility index (Phi) is 23.8. The molecule has 0 amide bonds. The predicted molar refractivity (Wildman–Crippen MR) is 94.5 cm³/mol. The summed E-state index contributed by atoms with van der Waals surface area (Å²) in [7, 11) is 1.45. The maximum Gasteiger partial charge on any atom is 0.303 e. The minimum absolute atomic E-state index is 0.163. The topological polar surface area (TPSA) is 145 Å². The van der Waals surface area contributed by atoms with E-state index in [2.05, 4.69) is 6.92 Å². The minimum atomic E-state index is -0.880. The van der Waals surface area contributed by atoms with E-state index in [9.17, 15) is 9.59 Å². The standard InChI is InChI=1S/C6H14O4.C6H12O2.C5H10O2/c1-10-5-6(2-7,3-8)4-9;1-2-3-4-5-6(7)8;1-2-3-4-5(6)7/h7-9H,2-5H2,1H3;2-5H2,1H3,(H,7,8);2-4H2,1H3,(H,6,7). The number of aliphatic hydroxyl groups excluding tert-OH is 3. The zero-order valence-electron chi connectivity index (χ0n) is 15.7. The van der Waals surface area contributed by atoms with Crippen LogP contribution in [0.25, 0.3) is 0 Å². The quantitative estimate of drug-likeness (QED) is 0.326. The molecule has 0 bridgehead atoms. The molecule has 0 saturated carbocycles. The van der Waals surface area contributed by atoms with Gasteiger partial charge in [0.2, 0.25) is 0 Å². The van der Waals surface area contributed by atoms with Crippen molar-refractivity contribution in [3.8, 4) is 0 Å². The first-order valence-electron chi connectivity index (χ1n) is 8.54. The molecular weight excluding hydrogens is 332 g/mol. The van der Waals surface area contributed by atoms with E-state index in [0.29, 0.717) is 12.8 Å². The molecule has 0 heterocycles. The lowest BCUT2D eigenvalue weighted by molar-refractivity contribution is -0.138. The number of methoxy groups -OCH3 is 1. The van der Waals surface area contributed by atoms with Crippen LogP contribution in [-0.2, 0) is 14.3 Å². The number of hydrogen-bond acceptors (Lipinski definition) is 6. The van der Waals surface area contributed by atoms with E-state index >= 15 is 0 Å². The molecule has 0 aromatic heterocycles.